The Morgan fingerprint density at radius 1 is 1.21 bits per heavy atom. The predicted molar refractivity (Wildman–Crippen MR) is 92.3 cm³/mol. The zero-order valence-corrected chi connectivity index (χ0v) is 14.5. The SMILES string of the molecule is CC(C)(C)[C@@H]1CCCC[C@H]1NC(=O)Nc1ccc(F)c(C(N)=O)c1. The molecule has 0 radical (unpaired) electrons. The highest BCUT2D eigenvalue weighted by atomic mass is 19.1. The first-order valence-electron chi connectivity index (χ1n) is 8.35. The minimum Gasteiger partial charge on any atom is -0.366 e. The maximum absolute atomic E-state index is 13.5. The summed E-state index contributed by atoms with van der Waals surface area (Å²) in [5.74, 6) is -1.16. The topological polar surface area (TPSA) is 84.2 Å². The largest absolute Gasteiger partial charge is 0.366 e. The van der Waals surface area contributed by atoms with E-state index in [4.69, 9.17) is 5.73 Å². The number of urea groups is 1. The maximum atomic E-state index is 13.5. The number of rotatable bonds is 3. The average Bonchev–Trinajstić information content (AvgIpc) is 2.48. The van der Waals surface area contributed by atoms with Crippen LogP contribution < -0.4 is 16.4 Å². The number of halogens is 1. The summed E-state index contributed by atoms with van der Waals surface area (Å²) >= 11 is 0. The van der Waals surface area contributed by atoms with Gasteiger partial charge in [-0.2, -0.15) is 0 Å². The van der Waals surface area contributed by atoms with Gasteiger partial charge in [-0.1, -0.05) is 33.6 Å². The highest BCUT2D eigenvalue weighted by molar-refractivity contribution is 5.96. The molecule has 2 rings (SSSR count). The molecule has 1 aliphatic rings. The number of hydrogen-bond donors (Lipinski definition) is 3. The second-order valence-electron chi connectivity index (χ2n) is 7.52. The van der Waals surface area contributed by atoms with E-state index in [0.29, 0.717) is 11.6 Å². The summed E-state index contributed by atoms with van der Waals surface area (Å²) in [6.07, 6.45) is 4.32. The normalized spacial score (nSPS) is 21.2. The second-order valence-corrected chi connectivity index (χ2v) is 7.52. The Morgan fingerprint density at radius 3 is 2.50 bits per heavy atom. The van der Waals surface area contributed by atoms with Crippen molar-refractivity contribution in [2.24, 2.45) is 17.1 Å². The van der Waals surface area contributed by atoms with Crippen LogP contribution in [0, 0.1) is 17.2 Å². The van der Waals surface area contributed by atoms with Gasteiger partial charge in [0.25, 0.3) is 5.91 Å². The molecule has 1 aromatic rings. The van der Waals surface area contributed by atoms with E-state index >= 15 is 0 Å². The van der Waals surface area contributed by atoms with Crippen LogP contribution in [0.5, 0.6) is 0 Å². The number of anilines is 1. The fraction of sp³-hybridized carbons (Fsp3) is 0.556. The van der Waals surface area contributed by atoms with Gasteiger partial charge in [-0.25, -0.2) is 9.18 Å². The number of benzene rings is 1. The molecule has 2 atom stereocenters. The third-order valence-electron chi connectivity index (χ3n) is 4.68. The van der Waals surface area contributed by atoms with Gasteiger partial charge in [-0.05, 0) is 42.4 Å². The van der Waals surface area contributed by atoms with Gasteiger partial charge in [-0.15, -0.1) is 0 Å². The highest BCUT2D eigenvalue weighted by Crippen LogP contribution is 2.38. The first-order valence-corrected chi connectivity index (χ1v) is 8.35. The molecular weight excluding hydrogens is 309 g/mol. The minimum absolute atomic E-state index is 0.106. The van der Waals surface area contributed by atoms with Gasteiger partial charge in [0.15, 0.2) is 0 Å². The molecule has 1 aromatic carbocycles. The highest BCUT2D eigenvalue weighted by Gasteiger charge is 2.34. The Bertz CT molecular complexity index is 625. The first-order chi connectivity index (χ1) is 11.2. The van der Waals surface area contributed by atoms with E-state index in [1.54, 1.807) is 0 Å². The first kappa shape index (κ1) is 18.2. The van der Waals surface area contributed by atoms with E-state index in [1.165, 1.54) is 18.6 Å². The summed E-state index contributed by atoms with van der Waals surface area (Å²) in [4.78, 5) is 23.5. The summed E-state index contributed by atoms with van der Waals surface area (Å²) in [5, 5.41) is 5.69. The van der Waals surface area contributed by atoms with Crippen LogP contribution in [0.1, 0.15) is 56.8 Å². The molecule has 5 nitrogen and oxygen atoms in total. The van der Waals surface area contributed by atoms with Crippen molar-refractivity contribution >= 4 is 17.6 Å². The summed E-state index contributed by atoms with van der Waals surface area (Å²) in [7, 11) is 0. The lowest BCUT2D eigenvalue weighted by atomic mass is 9.69. The van der Waals surface area contributed by atoms with Gasteiger partial charge < -0.3 is 16.4 Å². The third-order valence-corrected chi connectivity index (χ3v) is 4.68. The fourth-order valence-electron chi connectivity index (χ4n) is 3.47. The van der Waals surface area contributed by atoms with Crippen LogP contribution in [0.4, 0.5) is 14.9 Å². The summed E-state index contributed by atoms with van der Waals surface area (Å²) in [6, 6.07) is 3.53. The Balaban J connectivity index is 2.05. The molecule has 0 heterocycles. The monoisotopic (exact) mass is 335 g/mol. The van der Waals surface area contributed by atoms with Gasteiger partial charge in [0, 0.05) is 11.7 Å². The van der Waals surface area contributed by atoms with Gasteiger partial charge in [-0.3, -0.25) is 4.79 Å². The Labute approximate surface area is 142 Å². The molecule has 0 bridgehead atoms. The Hall–Kier alpha value is -2.11. The molecule has 0 saturated heterocycles. The van der Waals surface area contributed by atoms with E-state index in [-0.39, 0.29) is 23.1 Å². The maximum Gasteiger partial charge on any atom is 0.319 e. The van der Waals surface area contributed by atoms with Crippen LogP contribution in [0.3, 0.4) is 0 Å². The van der Waals surface area contributed by atoms with Gasteiger partial charge >= 0.3 is 6.03 Å². The van der Waals surface area contributed by atoms with Crippen LogP contribution in [0.2, 0.25) is 0 Å². The minimum atomic E-state index is -0.864. The van der Waals surface area contributed by atoms with Crippen LogP contribution in [-0.2, 0) is 0 Å². The van der Waals surface area contributed by atoms with Crippen molar-refractivity contribution in [1.29, 1.82) is 0 Å². The van der Waals surface area contributed by atoms with E-state index in [9.17, 15) is 14.0 Å². The summed E-state index contributed by atoms with van der Waals surface area (Å²) < 4.78 is 13.5. The molecule has 6 heteroatoms. The van der Waals surface area contributed by atoms with Crippen molar-refractivity contribution in [2.75, 3.05) is 5.32 Å². The Morgan fingerprint density at radius 2 is 1.88 bits per heavy atom. The number of carbonyl (C=O) groups excluding carboxylic acids is 2. The smallest absolute Gasteiger partial charge is 0.319 e. The molecule has 24 heavy (non-hydrogen) atoms. The molecular formula is C18H26FN3O2. The van der Waals surface area contributed by atoms with Crippen LogP contribution in [0.15, 0.2) is 18.2 Å². The lowest BCUT2D eigenvalue weighted by molar-refractivity contribution is 0.0996. The summed E-state index contributed by atoms with van der Waals surface area (Å²) in [6.45, 7) is 6.57. The fourth-order valence-corrected chi connectivity index (χ4v) is 3.47. The molecule has 0 aromatic heterocycles. The molecule has 0 unspecified atom stereocenters. The lowest BCUT2D eigenvalue weighted by Crippen LogP contribution is -2.48. The molecule has 1 fully saturated rings. The molecule has 4 N–H and O–H groups in total. The standard InChI is InChI=1S/C18H26FN3O2/c1-18(2,3)13-6-4-5-7-15(13)22-17(24)21-11-8-9-14(19)12(10-11)16(20)23/h8-10,13,15H,4-7H2,1-3H3,(H2,20,23)(H2,21,22,24)/t13-,15-/m1/s1. The van der Waals surface area contributed by atoms with Crippen LogP contribution in [-0.4, -0.2) is 18.0 Å². The molecule has 0 aliphatic heterocycles. The van der Waals surface area contributed by atoms with Crippen molar-refractivity contribution < 1.29 is 14.0 Å². The Kier molecular flexibility index (Phi) is 5.47. The van der Waals surface area contributed by atoms with E-state index in [2.05, 4.69) is 31.4 Å². The van der Waals surface area contributed by atoms with Crippen molar-refractivity contribution in [3.63, 3.8) is 0 Å². The van der Waals surface area contributed by atoms with E-state index in [1.807, 2.05) is 0 Å². The zero-order chi connectivity index (χ0) is 17.9. The summed E-state index contributed by atoms with van der Waals surface area (Å²) in [5.41, 5.74) is 5.34. The molecule has 1 saturated carbocycles. The van der Waals surface area contributed by atoms with Crippen LogP contribution >= 0.6 is 0 Å². The zero-order valence-electron chi connectivity index (χ0n) is 14.5. The van der Waals surface area contributed by atoms with Gasteiger partial charge in [0.05, 0.1) is 5.56 Å². The van der Waals surface area contributed by atoms with Gasteiger partial charge in [0.1, 0.15) is 5.82 Å². The van der Waals surface area contributed by atoms with Crippen molar-refractivity contribution in [3.05, 3.63) is 29.6 Å². The number of nitrogens with one attached hydrogen (secondary N) is 2. The third kappa shape index (κ3) is 4.46. The molecule has 0 spiro atoms. The molecule has 3 amide bonds. The van der Waals surface area contributed by atoms with Crippen molar-refractivity contribution in [3.8, 4) is 0 Å². The van der Waals surface area contributed by atoms with Gasteiger partial charge in [0.2, 0.25) is 0 Å². The van der Waals surface area contributed by atoms with Crippen LogP contribution in [0.25, 0.3) is 0 Å². The lowest BCUT2D eigenvalue weighted by Gasteiger charge is -2.40. The number of primary amides is 1. The second kappa shape index (κ2) is 7.20. The number of carbonyl (C=O) groups is 2. The predicted octanol–water partition coefficient (Wildman–Crippen LogP) is 3.65. The van der Waals surface area contributed by atoms with Crippen molar-refractivity contribution in [1.82, 2.24) is 5.32 Å². The van der Waals surface area contributed by atoms with E-state index < -0.39 is 11.7 Å². The van der Waals surface area contributed by atoms with E-state index in [0.717, 1.165) is 25.3 Å². The quantitative estimate of drug-likeness (QED) is 0.787. The number of hydrogen-bond acceptors (Lipinski definition) is 2. The molecule has 132 valence electrons. The number of nitrogens with two attached hydrogens (primary N) is 1. The number of amides is 3. The average molecular weight is 335 g/mol. The molecule has 1 aliphatic carbocycles. The van der Waals surface area contributed by atoms with Crippen molar-refractivity contribution in [2.45, 2.75) is 52.5 Å².